The van der Waals surface area contributed by atoms with Gasteiger partial charge in [-0.1, -0.05) is 0 Å². The van der Waals surface area contributed by atoms with E-state index in [1.807, 2.05) is 0 Å². The van der Waals surface area contributed by atoms with Crippen LogP contribution in [-0.2, 0) is 64.3 Å². The van der Waals surface area contributed by atoms with Gasteiger partial charge in [0, 0.05) is 69.5 Å². The lowest BCUT2D eigenvalue weighted by Crippen LogP contribution is -2.81. The molecule has 11 rings (SSSR count). The highest BCUT2D eigenvalue weighted by molar-refractivity contribution is 6.13. The molecular formula is C52H52N12O16. The number of rotatable bonds is 14. The first-order valence-electron chi connectivity index (χ1n) is 25.4. The molecule has 9 heterocycles. The molecule has 0 aliphatic carbocycles. The fraction of sp³-hybridized carbons (Fsp3) is 0.385. The first-order chi connectivity index (χ1) is 38.6. The number of nitrogens with one attached hydrogen (secondary N) is 2. The Morgan fingerprint density at radius 1 is 0.425 bits per heavy atom. The minimum atomic E-state index is -3.08. The molecule has 4 unspecified atom stereocenters. The van der Waals surface area contributed by atoms with Crippen LogP contribution in [0.4, 0.5) is 30.6 Å². The number of fused-ring (bicyclic) bond motifs is 2. The van der Waals surface area contributed by atoms with Crippen LogP contribution in [0.25, 0.3) is 0 Å². The minimum absolute atomic E-state index is 0.0897. The predicted molar refractivity (Wildman–Crippen MR) is 269 cm³/mol. The topological polar surface area (TPSA) is 302 Å². The van der Waals surface area contributed by atoms with Crippen molar-refractivity contribution in [1.82, 2.24) is 49.2 Å². The zero-order valence-electron chi connectivity index (χ0n) is 44.0. The number of carbonyl (C=O) groups is 10. The predicted octanol–water partition coefficient (Wildman–Crippen LogP) is 2.64. The summed E-state index contributed by atoms with van der Waals surface area (Å²) in [5, 5.41) is 5.69. The van der Waals surface area contributed by atoms with E-state index < -0.39 is 135 Å². The van der Waals surface area contributed by atoms with Gasteiger partial charge in [0.2, 0.25) is 0 Å². The molecule has 4 aromatic rings. The third-order valence-electron chi connectivity index (χ3n) is 15.6. The molecule has 80 heavy (non-hydrogen) atoms. The van der Waals surface area contributed by atoms with Crippen LogP contribution in [0.2, 0.25) is 0 Å². The molecule has 28 heteroatoms. The molecule has 7 aliphatic heterocycles. The lowest BCUT2D eigenvalue weighted by atomic mass is 9.88. The summed E-state index contributed by atoms with van der Waals surface area (Å²) in [4.78, 5) is 170. The van der Waals surface area contributed by atoms with Crippen LogP contribution in [0, 0.1) is 0 Å². The van der Waals surface area contributed by atoms with Gasteiger partial charge in [-0.05, 0) is 76.2 Å². The third kappa shape index (κ3) is 6.48. The standard InChI is InChI=1S/C52H52N12O16/c1-7-77-41(67)49-51(43(69)79-9-3)61-27-64-48(74)60-26-34-32(36(12-14-38(34)76-6)56-40(66)30-17-21-54-22-18-30)24-58-46(72)62(52(64,44(70)80-10-4)50(58,60)42(68)78-8-2)28-63(51)47(73)59(49)25-33-31(23-57(49)45(61)71)35(11-13-37(33)75-5)55-39(65)29-15-19-53-20-16-29/h11-22H,7-10,23-28H2,1-6H3,(H,55,65)(H,56,66). The van der Waals surface area contributed by atoms with Crippen molar-refractivity contribution in [2.75, 3.05) is 64.6 Å². The van der Waals surface area contributed by atoms with Crippen molar-refractivity contribution in [3.05, 3.63) is 107 Å². The van der Waals surface area contributed by atoms with E-state index in [-0.39, 0.29) is 69.5 Å². The van der Waals surface area contributed by atoms with Crippen molar-refractivity contribution in [2.24, 2.45) is 0 Å². The molecule has 416 valence electrons. The Balaban J connectivity index is 1.17. The first kappa shape index (κ1) is 52.3. The van der Waals surface area contributed by atoms with E-state index in [1.54, 1.807) is 0 Å². The molecule has 5 fully saturated rings. The number of carbonyl (C=O) groups excluding carboxylic acids is 10. The molecule has 0 radical (unpaired) electrons. The van der Waals surface area contributed by atoms with Crippen LogP contribution in [0.5, 0.6) is 11.5 Å². The molecule has 2 aromatic heterocycles. The summed E-state index contributed by atoms with van der Waals surface area (Å²) >= 11 is 0. The lowest BCUT2D eigenvalue weighted by Gasteiger charge is -2.51. The van der Waals surface area contributed by atoms with Gasteiger partial charge in [0.1, 0.15) is 24.8 Å². The Bertz CT molecular complexity index is 3150. The van der Waals surface area contributed by atoms with Crippen LogP contribution in [0.15, 0.2) is 73.3 Å². The number of benzene rings is 2. The van der Waals surface area contributed by atoms with Crippen molar-refractivity contribution >= 4 is 71.2 Å². The van der Waals surface area contributed by atoms with Crippen LogP contribution < -0.4 is 20.1 Å². The Morgan fingerprint density at radius 2 is 0.700 bits per heavy atom. The van der Waals surface area contributed by atoms with Crippen molar-refractivity contribution in [2.45, 2.75) is 76.5 Å². The number of amides is 10. The number of nitrogens with zero attached hydrogens (tertiary/aromatic N) is 10. The van der Waals surface area contributed by atoms with Crippen LogP contribution in [0.3, 0.4) is 0 Å². The van der Waals surface area contributed by atoms with Crippen molar-refractivity contribution in [3.8, 4) is 11.5 Å². The molecule has 4 atom stereocenters. The summed E-state index contributed by atoms with van der Waals surface area (Å²) in [6.07, 6.45) is 5.63. The van der Waals surface area contributed by atoms with Crippen LogP contribution >= 0.6 is 0 Å². The summed E-state index contributed by atoms with van der Waals surface area (Å²) in [6.45, 7) is -1.06. The van der Waals surface area contributed by atoms with Gasteiger partial charge in [-0.25, -0.2) is 38.4 Å². The summed E-state index contributed by atoms with van der Waals surface area (Å²) in [5.74, 6) is -6.49. The Labute approximate surface area is 454 Å². The second-order valence-electron chi connectivity index (χ2n) is 19.0. The van der Waals surface area contributed by atoms with E-state index in [2.05, 4.69) is 20.6 Å². The number of pyridine rings is 2. The summed E-state index contributed by atoms with van der Waals surface area (Å²) < 4.78 is 35.0. The highest BCUT2D eigenvalue weighted by atomic mass is 16.6. The normalized spacial score (nSPS) is 23.7. The molecular weight excluding hydrogens is 1050 g/mol. The fourth-order valence-electron chi connectivity index (χ4n) is 12.5. The van der Waals surface area contributed by atoms with Crippen LogP contribution in [0.1, 0.15) is 70.7 Å². The molecule has 5 saturated heterocycles. The Hall–Kier alpha value is -9.76. The smallest absolute Gasteiger partial charge is 0.359 e. The maximum Gasteiger partial charge on any atom is 0.359 e. The SMILES string of the molecule is CCOC(=O)C12N3Cc4c(NC(=O)c5ccncc5)ccc(OC)c4CN1C(=O)N1CN4C(=O)N5Cc6c(NC(=O)c7ccncc7)ccc(OC)c6CN6C(=O)N(CN(C3=O)C12C(=O)OCC)C4(C(=O)OCC)C56C(=O)OCC. The third-order valence-corrected chi connectivity index (χ3v) is 15.6. The summed E-state index contributed by atoms with van der Waals surface area (Å²) in [6, 6.07) is 6.89. The largest absolute Gasteiger partial charge is 0.496 e. The molecule has 7 aliphatic rings. The quantitative estimate of drug-likeness (QED) is 0.135. The maximum absolute atomic E-state index is 16.3. The highest BCUT2D eigenvalue weighted by Crippen LogP contribution is 2.62. The average Bonchev–Trinajstić information content (AvgIpc) is 3.90. The van der Waals surface area contributed by atoms with E-state index in [0.29, 0.717) is 0 Å². The zero-order chi connectivity index (χ0) is 56.8. The van der Waals surface area contributed by atoms with Gasteiger partial charge in [-0.2, -0.15) is 0 Å². The number of esters is 4. The summed E-state index contributed by atoms with van der Waals surface area (Å²) in [5.41, 5.74) is -10.9. The van der Waals surface area contributed by atoms with E-state index in [0.717, 1.165) is 39.2 Å². The van der Waals surface area contributed by atoms with E-state index in [9.17, 15) is 9.59 Å². The fourth-order valence-corrected chi connectivity index (χ4v) is 12.5. The Kier molecular flexibility index (Phi) is 12.4. The van der Waals surface area contributed by atoms with Gasteiger partial charge in [-0.3, -0.25) is 58.8 Å². The summed E-state index contributed by atoms with van der Waals surface area (Å²) in [7, 11) is 2.66. The number of hydrogen-bond acceptors (Lipinski definition) is 18. The van der Waals surface area contributed by atoms with Gasteiger partial charge < -0.3 is 39.1 Å². The Morgan fingerprint density at radius 3 is 0.975 bits per heavy atom. The number of anilines is 2. The average molecular weight is 1100 g/mol. The van der Waals surface area contributed by atoms with E-state index in [4.69, 9.17) is 28.4 Å². The lowest BCUT2D eigenvalue weighted by molar-refractivity contribution is -0.209. The van der Waals surface area contributed by atoms with Gasteiger partial charge in [0.15, 0.2) is 0 Å². The number of methoxy groups -OCH3 is 2. The highest BCUT2D eigenvalue weighted by Gasteiger charge is 2.93. The molecule has 10 amide bonds. The second kappa shape index (κ2) is 19.0. The van der Waals surface area contributed by atoms with Crippen molar-refractivity contribution in [1.29, 1.82) is 0 Å². The molecule has 2 N–H and O–H groups in total. The second-order valence-corrected chi connectivity index (χ2v) is 19.0. The van der Waals surface area contributed by atoms with Crippen molar-refractivity contribution < 1.29 is 76.4 Å². The number of ether oxygens (including phenoxy) is 6. The zero-order valence-corrected chi connectivity index (χ0v) is 44.0. The van der Waals surface area contributed by atoms with Gasteiger partial charge >= 0.3 is 48.0 Å². The monoisotopic (exact) mass is 1100 g/mol. The minimum Gasteiger partial charge on any atom is -0.496 e. The van der Waals surface area contributed by atoms with Gasteiger partial charge in [0.05, 0.1) is 66.8 Å². The van der Waals surface area contributed by atoms with Crippen LogP contribution in [-0.4, -0.2) is 186 Å². The van der Waals surface area contributed by atoms with Gasteiger partial charge in [0.25, 0.3) is 34.5 Å². The molecule has 0 spiro atoms. The molecule has 2 aromatic carbocycles. The van der Waals surface area contributed by atoms with E-state index >= 15 is 38.4 Å². The van der Waals surface area contributed by atoms with Crippen molar-refractivity contribution in [3.63, 3.8) is 0 Å². The maximum atomic E-state index is 16.3. The molecule has 0 saturated carbocycles. The number of hydrogen-bond donors (Lipinski definition) is 2. The van der Waals surface area contributed by atoms with Gasteiger partial charge in [-0.15, -0.1) is 0 Å². The molecule has 28 nitrogen and oxygen atoms in total. The van der Waals surface area contributed by atoms with E-state index in [1.165, 1.54) is 115 Å². The number of aromatic nitrogens is 2. The first-order valence-corrected chi connectivity index (χ1v) is 25.4. The number of urea groups is 4. The molecule has 0 bridgehead atoms.